The Balaban J connectivity index is 4.97. The number of aliphatic hydroxyl groups excluding tert-OH is 1. The van der Waals surface area contributed by atoms with Crippen LogP contribution in [0.3, 0.4) is 0 Å². The maximum absolute atomic E-state index is 9.69. The Kier molecular flexibility index (Phi) is 6.35. The molecular formula is C13H24O. The largest absolute Gasteiger partial charge is 0.512 e. The minimum absolute atomic E-state index is 0.539. The highest BCUT2D eigenvalue weighted by molar-refractivity contribution is 5.34. The molecule has 0 aromatic carbocycles. The molecule has 14 heavy (non-hydrogen) atoms. The lowest BCUT2D eigenvalue weighted by Crippen LogP contribution is -1.94. The van der Waals surface area contributed by atoms with E-state index in [1.54, 1.807) is 0 Å². The number of aliphatic hydroxyl groups is 1. The van der Waals surface area contributed by atoms with Gasteiger partial charge in [-0.1, -0.05) is 32.8 Å². The molecule has 0 aliphatic rings. The molecule has 0 aliphatic heterocycles. The third-order valence-corrected chi connectivity index (χ3v) is 2.71. The monoisotopic (exact) mass is 196 g/mol. The van der Waals surface area contributed by atoms with Crippen molar-refractivity contribution >= 4 is 0 Å². The fourth-order valence-electron chi connectivity index (χ4n) is 1.85. The minimum atomic E-state index is 0.539. The summed E-state index contributed by atoms with van der Waals surface area (Å²) in [6.45, 7) is 10.5. The van der Waals surface area contributed by atoms with Crippen LogP contribution < -0.4 is 0 Å². The maximum Gasteiger partial charge on any atom is 0.0951 e. The average molecular weight is 196 g/mol. The molecule has 1 heteroatoms. The Hall–Kier alpha value is -0.720. The Morgan fingerprint density at radius 1 is 1.00 bits per heavy atom. The molecule has 0 amide bonds. The molecule has 0 spiro atoms. The van der Waals surface area contributed by atoms with Crippen molar-refractivity contribution in [1.29, 1.82) is 0 Å². The predicted molar refractivity (Wildman–Crippen MR) is 63.5 cm³/mol. The standard InChI is InChI=1S/C13H24O/c1-6-9-10(4)12(7-2)11(5)13(14)8-3/h14H,6-9H2,1-5H3/b12-10-,13-11-. The van der Waals surface area contributed by atoms with Gasteiger partial charge in [-0.15, -0.1) is 0 Å². The lowest BCUT2D eigenvalue weighted by Gasteiger charge is -2.12. The summed E-state index contributed by atoms with van der Waals surface area (Å²) >= 11 is 0. The van der Waals surface area contributed by atoms with Gasteiger partial charge in [0.2, 0.25) is 0 Å². The zero-order valence-corrected chi connectivity index (χ0v) is 10.3. The molecule has 82 valence electrons. The van der Waals surface area contributed by atoms with Gasteiger partial charge in [0, 0.05) is 6.42 Å². The van der Waals surface area contributed by atoms with Crippen molar-refractivity contribution in [1.82, 2.24) is 0 Å². The van der Waals surface area contributed by atoms with Crippen LogP contribution in [0.15, 0.2) is 22.5 Å². The summed E-state index contributed by atoms with van der Waals surface area (Å²) < 4.78 is 0. The quantitative estimate of drug-likeness (QED) is 0.496. The fourth-order valence-corrected chi connectivity index (χ4v) is 1.85. The average Bonchev–Trinajstić information content (AvgIpc) is 2.18. The van der Waals surface area contributed by atoms with Crippen LogP contribution in [0.25, 0.3) is 0 Å². The summed E-state index contributed by atoms with van der Waals surface area (Å²) in [5.74, 6) is 0.539. The van der Waals surface area contributed by atoms with E-state index in [1.165, 1.54) is 17.6 Å². The third kappa shape index (κ3) is 3.57. The third-order valence-electron chi connectivity index (χ3n) is 2.71. The van der Waals surface area contributed by atoms with Gasteiger partial charge in [-0.3, -0.25) is 0 Å². The normalized spacial score (nSPS) is 14.9. The highest BCUT2D eigenvalue weighted by Crippen LogP contribution is 2.23. The first-order valence-corrected chi connectivity index (χ1v) is 5.66. The van der Waals surface area contributed by atoms with Gasteiger partial charge in [0.25, 0.3) is 0 Å². The molecule has 0 aromatic rings. The maximum atomic E-state index is 9.69. The zero-order valence-electron chi connectivity index (χ0n) is 10.3. The molecule has 0 saturated heterocycles. The highest BCUT2D eigenvalue weighted by atomic mass is 16.3. The van der Waals surface area contributed by atoms with Crippen LogP contribution in [0.2, 0.25) is 0 Å². The van der Waals surface area contributed by atoms with Crippen LogP contribution >= 0.6 is 0 Å². The molecular weight excluding hydrogens is 172 g/mol. The van der Waals surface area contributed by atoms with E-state index < -0.39 is 0 Å². The Bertz CT molecular complexity index is 234. The first-order chi connectivity index (χ1) is 6.58. The first kappa shape index (κ1) is 13.3. The van der Waals surface area contributed by atoms with Crippen molar-refractivity contribution < 1.29 is 5.11 Å². The number of rotatable bonds is 5. The molecule has 0 fully saturated rings. The number of hydrogen-bond acceptors (Lipinski definition) is 1. The van der Waals surface area contributed by atoms with Crippen LogP contribution in [0, 0.1) is 0 Å². The predicted octanol–water partition coefficient (Wildman–Crippen LogP) is 4.76. The molecule has 0 atom stereocenters. The molecule has 0 rings (SSSR count). The second-order valence-electron chi connectivity index (χ2n) is 3.79. The van der Waals surface area contributed by atoms with Crippen molar-refractivity contribution in [2.45, 2.75) is 60.3 Å². The summed E-state index contributed by atoms with van der Waals surface area (Å²) in [7, 11) is 0. The Labute approximate surface area is 88.5 Å². The van der Waals surface area contributed by atoms with Crippen molar-refractivity contribution in [3.63, 3.8) is 0 Å². The van der Waals surface area contributed by atoms with Crippen LogP contribution in [-0.4, -0.2) is 5.11 Å². The van der Waals surface area contributed by atoms with Crippen molar-refractivity contribution in [3.8, 4) is 0 Å². The van der Waals surface area contributed by atoms with Gasteiger partial charge in [-0.05, 0) is 37.8 Å². The molecule has 0 aromatic heterocycles. The zero-order chi connectivity index (χ0) is 11.1. The molecule has 1 N–H and O–H groups in total. The van der Waals surface area contributed by atoms with Gasteiger partial charge in [-0.25, -0.2) is 0 Å². The lowest BCUT2D eigenvalue weighted by molar-refractivity contribution is 0.388. The molecule has 0 bridgehead atoms. The lowest BCUT2D eigenvalue weighted by atomic mass is 9.95. The van der Waals surface area contributed by atoms with E-state index in [2.05, 4.69) is 20.8 Å². The summed E-state index contributed by atoms with van der Waals surface area (Å²) in [5.41, 5.74) is 3.85. The van der Waals surface area contributed by atoms with Crippen molar-refractivity contribution in [2.24, 2.45) is 0 Å². The summed E-state index contributed by atoms with van der Waals surface area (Å²) in [6.07, 6.45) is 4.06. The van der Waals surface area contributed by atoms with E-state index >= 15 is 0 Å². The van der Waals surface area contributed by atoms with E-state index in [0.717, 1.165) is 24.8 Å². The first-order valence-electron chi connectivity index (χ1n) is 5.66. The van der Waals surface area contributed by atoms with Crippen LogP contribution in [-0.2, 0) is 0 Å². The molecule has 0 saturated carbocycles. The van der Waals surface area contributed by atoms with E-state index in [0.29, 0.717) is 5.76 Å². The Morgan fingerprint density at radius 3 is 1.93 bits per heavy atom. The van der Waals surface area contributed by atoms with E-state index in [-0.39, 0.29) is 0 Å². The van der Waals surface area contributed by atoms with Gasteiger partial charge in [0.15, 0.2) is 0 Å². The second kappa shape index (κ2) is 6.69. The summed E-state index contributed by atoms with van der Waals surface area (Å²) in [4.78, 5) is 0. The van der Waals surface area contributed by atoms with Gasteiger partial charge < -0.3 is 5.11 Å². The van der Waals surface area contributed by atoms with Gasteiger partial charge >= 0.3 is 0 Å². The van der Waals surface area contributed by atoms with Crippen LogP contribution in [0.1, 0.15) is 60.3 Å². The second-order valence-corrected chi connectivity index (χ2v) is 3.79. The van der Waals surface area contributed by atoms with Gasteiger partial charge in [-0.2, -0.15) is 0 Å². The number of hydrogen-bond donors (Lipinski definition) is 1. The van der Waals surface area contributed by atoms with Crippen molar-refractivity contribution in [3.05, 3.63) is 22.5 Å². The van der Waals surface area contributed by atoms with Crippen molar-refractivity contribution in [2.75, 3.05) is 0 Å². The van der Waals surface area contributed by atoms with Gasteiger partial charge in [0.1, 0.15) is 0 Å². The van der Waals surface area contributed by atoms with E-state index in [1.807, 2.05) is 13.8 Å². The molecule has 0 radical (unpaired) electrons. The Morgan fingerprint density at radius 2 is 1.57 bits per heavy atom. The van der Waals surface area contributed by atoms with E-state index in [4.69, 9.17) is 0 Å². The smallest absolute Gasteiger partial charge is 0.0951 e. The highest BCUT2D eigenvalue weighted by Gasteiger charge is 2.06. The van der Waals surface area contributed by atoms with Crippen LogP contribution in [0.5, 0.6) is 0 Å². The molecule has 0 unspecified atom stereocenters. The molecule has 1 nitrogen and oxygen atoms in total. The summed E-state index contributed by atoms with van der Waals surface area (Å²) in [5, 5.41) is 9.69. The number of allylic oxidation sites excluding steroid dienone is 4. The SMILES string of the molecule is CCC/C(C)=C(CC)\C(C)=C(/O)CC. The topological polar surface area (TPSA) is 20.2 Å². The molecule has 0 aliphatic carbocycles. The van der Waals surface area contributed by atoms with Gasteiger partial charge in [0.05, 0.1) is 5.76 Å². The fraction of sp³-hybridized carbons (Fsp3) is 0.692. The van der Waals surface area contributed by atoms with Crippen LogP contribution in [0.4, 0.5) is 0 Å². The molecule has 0 heterocycles. The minimum Gasteiger partial charge on any atom is -0.512 e. The summed E-state index contributed by atoms with van der Waals surface area (Å²) in [6, 6.07) is 0. The van der Waals surface area contributed by atoms with E-state index in [9.17, 15) is 5.11 Å².